The number of benzene rings is 9. The van der Waals surface area contributed by atoms with Gasteiger partial charge in [0.2, 0.25) is 0 Å². The van der Waals surface area contributed by atoms with Gasteiger partial charge in [-0.3, -0.25) is 0 Å². The standard InChI is InChI=1S/C60H48N2/c1-45-13-33-55(34-14-45)61(59-41-29-53(30-42-59)51-9-5-3-6-10-51)57-37-25-49(26-38-57)23-21-47-17-19-48(20-18-47)22-24-50-27-39-58(40-28-50)62(56-35-15-46(2)16-36-56)60-43-31-54(32-44-60)52-11-7-4-8-12-52/h3-44H,1-2H3. The van der Waals surface area contributed by atoms with E-state index in [4.69, 9.17) is 0 Å². The average Bonchev–Trinajstić information content (AvgIpc) is 3.34. The minimum absolute atomic E-state index is 1.11. The van der Waals surface area contributed by atoms with E-state index in [1.165, 1.54) is 33.4 Å². The van der Waals surface area contributed by atoms with E-state index in [1.54, 1.807) is 0 Å². The lowest BCUT2D eigenvalue weighted by molar-refractivity contribution is 1.27. The molecule has 2 heteroatoms. The Morgan fingerprint density at radius 2 is 0.435 bits per heavy atom. The normalized spacial score (nSPS) is 11.3. The van der Waals surface area contributed by atoms with Crippen LogP contribution in [0.5, 0.6) is 0 Å². The van der Waals surface area contributed by atoms with Crippen molar-refractivity contribution in [3.8, 4) is 22.3 Å². The molecule has 0 aromatic heterocycles. The van der Waals surface area contributed by atoms with Crippen LogP contribution in [0.3, 0.4) is 0 Å². The Bertz CT molecular complexity index is 2670. The predicted molar refractivity (Wildman–Crippen MR) is 267 cm³/mol. The molecule has 0 spiro atoms. The van der Waals surface area contributed by atoms with Crippen molar-refractivity contribution in [3.05, 3.63) is 264 Å². The van der Waals surface area contributed by atoms with Crippen LogP contribution in [0.4, 0.5) is 34.1 Å². The molecule has 0 heterocycles. The van der Waals surface area contributed by atoms with Crippen LogP contribution in [0.1, 0.15) is 33.4 Å². The van der Waals surface area contributed by atoms with Gasteiger partial charge >= 0.3 is 0 Å². The van der Waals surface area contributed by atoms with Gasteiger partial charge in [-0.15, -0.1) is 0 Å². The maximum atomic E-state index is 2.31. The van der Waals surface area contributed by atoms with E-state index in [1.807, 2.05) is 0 Å². The van der Waals surface area contributed by atoms with Gasteiger partial charge in [0.25, 0.3) is 0 Å². The maximum Gasteiger partial charge on any atom is 0.0462 e. The Kier molecular flexibility index (Phi) is 11.8. The molecule has 0 fully saturated rings. The van der Waals surface area contributed by atoms with Gasteiger partial charge in [0, 0.05) is 34.1 Å². The van der Waals surface area contributed by atoms with Crippen LogP contribution in [0.15, 0.2) is 231 Å². The fourth-order valence-electron chi connectivity index (χ4n) is 7.72. The van der Waals surface area contributed by atoms with Gasteiger partial charge in [-0.05, 0) is 131 Å². The highest BCUT2D eigenvalue weighted by Crippen LogP contribution is 2.38. The van der Waals surface area contributed by atoms with Crippen molar-refractivity contribution in [1.82, 2.24) is 0 Å². The largest absolute Gasteiger partial charge is 0.311 e. The number of hydrogen-bond acceptors (Lipinski definition) is 2. The van der Waals surface area contributed by atoms with Crippen molar-refractivity contribution in [3.63, 3.8) is 0 Å². The van der Waals surface area contributed by atoms with Crippen molar-refractivity contribution in [1.29, 1.82) is 0 Å². The molecule has 0 saturated heterocycles. The summed E-state index contributed by atoms with van der Waals surface area (Å²) < 4.78 is 0. The van der Waals surface area contributed by atoms with Gasteiger partial charge in [0.05, 0.1) is 0 Å². The Labute approximate surface area is 366 Å². The third kappa shape index (κ3) is 9.42. The van der Waals surface area contributed by atoms with Gasteiger partial charge in [0.15, 0.2) is 0 Å². The fraction of sp³-hybridized carbons (Fsp3) is 0.0333. The molecule has 0 atom stereocenters. The van der Waals surface area contributed by atoms with E-state index in [9.17, 15) is 0 Å². The zero-order valence-electron chi connectivity index (χ0n) is 35.1. The first kappa shape index (κ1) is 39.5. The summed E-state index contributed by atoms with van der Waals surface area (Å²) in [6, 6.07) is 82.4. The summed E-state index contributed by atoms with van der Waals surface area (Å²) in [6.45, 7) is 4.25. The topological polar surface area (TPSA) is 6.48 Å². The molecule has 0 bridgehead atoms. The van der Waals surface area contributed by atoms with Gasteiger partial charge in [-0.25, -0.2) is 0 Å². The lowest BCUT2D eigenvalue weighted by Crippen LogP contribution is -2.09. The van der Waals surface area contributed by atoms with Crippen molar-refractivity contribution < 1.29 is 0 Å². The predicted octanol–water partition coefficient (Wildman–Crippen LogP) is 16.9. The van der Waals surface area contributed by atoms with Crippen LogP contribution in [0, 0.1) is 13.8 Å². The monoisotopic (exact) mass is 796 g/mol. The lowest BCUT2D eigenvalue weighted by Gasteiger charge is -2.26. The highest BCUT2D eigenvalue weighted by Gasteiger charge is 2.14. The molecular weight excluding hydrogens is 749 g/mol. The highest BCUT2D eigenvalue weighted by molar-refractivity contribution is 5.82. The Morgan fingerprint density at radius 3 is 0.710 bits per heavy atom. The van der Waals surface area contributed by atoms with Crippen LogP contribution in [-0.2, 0) is 0 Å². The summed E-state index contributed by atoms with van der Waals surface area (Å²) in [5.41, 5.74) is 18.7. The molecule has 9 aromatic rings. The fourth-order valence-corrected chi connectivity index (χ4v) is 7.72. The highest BCUT2D eigenvalue weighted by atomic mass is 15.1. The van der Waals surface area contributed by atoms with E-state index < -0.39 is 0 Å². The van der Waals surface area contributed by atoms with Crippen molar-refractivity contribution >= 4 is 58.4 Å². The molecule has 0 N–H and O–H groups in total. The third-order valence-electron chi connectivity index (χ3n) is 11.2. The molecule has 0 aliphatic carbocycles. The van der Waals surface area contributed by atoms with Crippen molar-refractivity contribution in [2.75, 3.05) is 9.80 Å². The maximum absolute atomic E-state index is 2.31. The molecule has 0 amide bonds. The first-order valence-corrected chi connectivity index (χ1v) is 21.2. The summed E-state index contributed by atoms with van der Waals surface area (Å²) in [5.74, 6) is 0. The van der Waals surface area contributed by atoms with Gasteiger partial charge in [0.1, 0.15) is 0 Å². The molecule has 298 valence electrons. The Morgan fingerprint density at radius 1 is 0.226 bits per heavy atom. The van der Waals surface area contributed by atoms with Crippen LogP contribution >= 0.6 is 0 Å². The molecule has 9 aromatic carbocycles. The van der Waals surface area contributed by atoms with E-state index in [0.717, 1.165) is 56.4 Å². The first-order valence-electron chi connectivity index (χ1n) is 21.2. The van der Waals surface area contributed by atoms with Gasteiger partial charge in [-0.2, -0.15) is 0 Å². The number of rotatable bonds is 12. The van der Waals surface area contributed by atoms with Gasteiger partial charge in [-0.1, -0.05) is 193 Å². The number of hydrogen-bond donors (Lipinski definition) is 0. The van der Waals surface area contributed by atoms with Crippen molar-refractivity contribution in [2.45, 2.75) is 13.8 Å². The van der Waals surface area contributed by atoms with Crippen LogP contribution < -0.4 is 9.80 Å². The van der Waals surface area contributed by atoms with E-state index in [0.29, 0.717) is 0 Å². The summed E-state index contributed by atoms with van der Waals surface area (Å²) in [5, 5.41) is 0. The quantitative estimate of drug-likeness (QED) is 0.114. The molecule has 9 rings (SSSR count). The van der Waals surface area contributed by atoms with Crippen LogP contribution in [-0.4, -0.2) is 0 Å². The number of aryl methyl sites for hydroxylation is 2. The minimum atomic E-state index is 1.11. The second kappa shape index (κ2) is 18.5. The van der Waals surface area contributed by atoms with Crippen LogP contribution in [0.2, 0.25) is 0 Å². The van der Waals surface area contributed by atoms with Crippen molar-refractivity contribution in [2.24, 2.45) is 0 Å². The first-order chi connectivity index (χ1) is 30.5. The molecule has 0 radical (unpaired) electrons. The minimum Gasteiger partial charge on any atom is -0.311 e. The molecule has 0 aliphatic rings. The average molecular weight is 797 g/mol. The molecule has 0 unspecified atom stereocenters. The summed E-state index contributed by atoms with van der Waals surface area (Å²) >= 11 is 0. The second-order valence-corrected chi connectivity index (χ2v) is 15.7. The Hall–Kier alpha value is -7.94. The molecule has 0 saturated carbocycles. The molecular formula is C60H48N2. The number of anilines is 6. The Balaban J connectivity index is 0.870. The molecule has 0 aliphatic heterocycles. The van der Waals surface area contributed by atoms with Gasteiger partial charge < -0.3 is 9.80 Å². The number of nitrogens with zero attached hydrogens (tertiary/aromatic N) is 2. The summed E-state index contributed by atoms with van der Waals surface area (Å²) in [4.78, 5) is 4.63. The smallest absolute Gasteiger partial charge is 0.0462 e. The molecule has 2 nitrogen and oxygen atoms in total. The summed E-state index contributed by atoms with van der Waals surface area (Å²) in [6.07, 6.45) is 8.71. The zero-order chi connectivity index (χ0) is 42.1. The SMILES string of the molecule is Cc1ccc(N(c2ccc(C=Cc3ccc(C=Cc4ccc(N(c5ccc(C)cc5)c5ccc(-c6ccccc6)cc5)cc4)cc3)cc2)c2ccc(-c3ccccc3)cc2)cc1. The van der Waals surface area contributed by atoms with E-state index in [2.05, 4.69) is 278 Å². The zero-order valence-corrected chi connectivity index (χ0v) is 35.1. The van der Waals surface area contributed by atoms with E-state index >= 15 is 0 Å². The van der Waals surface area contributed by atoms with Crippen LogP contribution in [0.25, 0.3) is 46.6 Å². The van der Waals surface area contributed by atoms with E-state index in [-0.39, 0.29) is 0 Å². The third-order valence-corrected chi connectivity index (χ3v) is 11.2. The summed E-state index contributed by atoms with van der Waals surface area (Å²) in [7, 11) is 0. The molecule has 62 heavy (non-hydrogen) atoms. The lowest BCUT2D eigenvalue weighted by atomic mass is 10.0. The second-order valence-electron chi connectivity index (χ2n) is 15.7.